The number of halogens is 4. The first-order chi connectivity index (χ1) is 12.8. The fourth-order valence-corrected chi connectivity index (χ4v) is 3.20. The Kier molecular flexibility index (Phi) is 5.96. The molecular weight excluding hydrogens is 378 g/mol. The van der Waals surface area contributed by atoms with Crippen molar-refractivity contribution in [1.82, 2.24) is 9.80 Å². The maximum atomic E-state index is 12.9. The summed E-state index contributed by atoms with van der Waals surface area (Å²) in [6.07, 6.45) is -4.31. The molecule has 144 valence electrons. The molecule has 0 spiro atoms. The van der Waals surface area contributed by atoms with Crippen molar-refractivity contribution >= 4 is 23.0 Å². The van der Waals surface area contributed by atoms with Crippen LogP contribution in [0.4, 0.5) is 23.2 Å². The van der Waals surface area contributed by atoms with Crippen molar-refractivity contribution in [2.24, 2.45) is 0 Å². The van der Waals surface area contributed by atoms with E-state index in [1.165, 1.54) is 24.3 Å². The third-order valence-corrected chi connectivity index (χ3v) is 4.80. The number of anilines is 1. The summed E-state index contributed by atoms with van der Waals surface area (Å²) in [4.78, 5) is 4.21. The van der Waals surface area contributed by atoms with E-state index in [2.05, 4.69) is 10.2 Å². The van der Waals surface area contributed by atoms with Gasteiger partial charge in [0, 0.05) is 38.4 Å². The van der Waals surface area contributed by atoms with Crippen LogP contribution in [0.1, 0.15) is 11.1 Å². The lowest BCUT2D eigenvalue weighted by atomic mass is 10.1. The molecule has 0 bridgehead atoms. The molecule has 1 N–H and O–H groups in total. The minimum absolute atomic E-state index is 0.302. The highest BCUT2D eigenvalue weighted by atomic mass is 32.1. The monoisotopic (exact) mass is 397 g/mol. The van der Waals surface area contributed by atoms with Crippen LogP contribution in [0.15, 0.2) is 48.5 Å². The van der Waals surface area contributed by atoms with Gasteiger partial charge in [-0.25, -0.2) is 4.39 Å². The average Bonchev–Trinajstić information content (AvgIpc) is 2.64. The summed E-state index contributed by atoms with van der Waals surface area (Å²) in [6.45, 7) is 3.55. The quantitative estimate of drug-likeness (QED) is 0.613. The second-order valence-corrected chi connectivity index (χ2v) is 6.78. The van der Waals surface area contributed by atoms with Crippen molar-refractivity contribution in [1.29, 1.82) is 0 Å². The number of piperazine rings is 1. The summed E-state index contributed by atoms with van der Waals surface area (Å²) in [5, 5.41) is 3.67. The molecule has 8 heteroatoms. The van der Waals surface area contributed by atoms with Crippen LogP contribution in [-0.2, 0) is 12.7 Å². The van der Waals surface area contributed by atoms with Gasteiger partial charge in [0.15, 0.2) is 5.11 Å². The van der Waals surface area contributed by atoms with Gasteiger partial charge in [0.25, 0.3) is 0 Å². The van der Waals surface area contributed by atoms with Gasteiger partial charge in [0.2, 0.25) is 0 Å². The normalized spacial score (nSPS) is 15.6. The Hall–Kier alpha value is -2.19. The van der Waals surface area contributed by atoms with E-state index in [1.807, 2.05) is 4.90 Å². The van der Waals surface area contributed by atoms with Gasteiger partial charge in [-0.1, -0.05) is 12.1 Å². The lowest BCUT2D eigenvalue weighted by Gasteiger charge is -2.36. The van der Waals surface area contributed by atoms with E-state index in [4.69, 9.17) is 12.2 Å². The maximum Gasteiger partial charge on any atom is 0.416 e. The minimum atomic E-state index is -4.31. The molecule has 1 saturated heterocycles. The number of hydrogen-bond acceptors (Lipinski definition) is 2. The standard InChI is InChI=1S/C19H19F4N3S/c20-16-5-7-17(8-6-16)24-18(27)26-11-9-25(10-12-26)13-14-1-3-15(4-2-14)19(21,22)23/h1-8H,9-13H2,(H,24,27). The van der Waals surface area contributed by atoms with Crippen molar-refractivity contribution < 1.29 is 17.6 Å². The number of nitrogens with zero attached hydrogens (tertiary/aromatic N) is 2. The largest absolute Gasteiger partial charge is 0.416 e. The van der Waals surface area contributed by atoms with E-state index in [9.17, 15) is 17.6 Å². The van der Waals surface area contributed by atoms with Gasteiger partial charge < -0.3 is 10.2 Å². The first-order valence-corrected chi connectivity index (χ1v) is 8.92. The van der Waals surface area contributed by atoms with E-state index in [0.29, 0.717) is 24.7 Å². The second-order valence-electron chi connectivity index (χ2n) is 6.39. The number of rotatable bonds is 3. The SMILES string of the molecule is Fc1ccc(NC(=S)N2CCN(Cc3ccc(C(F)(F)F)cc3)CC2)cc1. The molecule has 2 aromatic rings. The Bertz CT molecular complexity index is 767. The molecule has 27 heavy (non-hydrogen) atoms. The van der Waals surface area contributed by atoms with Crippen molar-refractivity contribution in [3.63, 3.8) is 0 Å². The zero-order valence-corrected chi connectivity index (χ0v) is 15.3. The van der Waals surface area contributed by atoms with Gasteiger partial charge in [-0.3, -0.25) is 4.90 Å². The first-order valence-electron chi connectivity index (χ1n) is 8.51. The molecule has 0 aromatic heterocycles. The molecule has 1 heterocycles. The Labute approximate surface area is 160 Å². The first kappa shape index (κ1) is 19.6. The predicted octanol–water partition coefficient (Wildman–Crippen LogP) is 4.36. The van der Waals surface area contributed by atoms with E-state index >= 15 is 0 Å². The highest BCUT2D eigenvalue weighted by molar-refractivity contribution is 7.80. The predicted molar refractivity (Wildman–Crippen MR) is 101 cm³/mol. The molecule has 0 aliphatic carbocycles. The third-order valence-electron chi connectivity index (χ3n) is 4.44. The molecule has 0 unspecified atom stereocenters. The molecule has 1 aliphatic heterocycles. The fourth-order valence-electron chi connectivity index (χ4n) is 2.90. The molecule has 0 amide bonds. The van der Waals surface area contributed by atoms with Gasteiger partial charge in [-0.05, 0) is 54.2 Å². The van der Waals surface area contributed by atoms with Crippen LogP contribution in [0.2, 0.25) is 0 Å². The molecule has 1 fully saturated rings. The second kappa shape index (κ2) is 8.22. The molecule has 0 radical (unpaired) electrons. The molecule has 2 aromatic carbocycles. The Morgan fingerprint density at radius 2 is 1.52 bits per heavy atom. The summed E-state index contributed by atoms with van der Waals surface area (Å²) < 4.78 is 50.8. The highest BCUT2D eigenvalue weighted by Gasteiger charge is 2.30. The molecule has 3 nitrogen and oxygen atoms in total. The number of alkyl halides is 3. The fraction of sp³-hybridized carbons (Fsp3) is 0.316. The van der Waals surface area contributed by atoms with E-state index in [0.717, 1.165) is 36.5 Å². The minimum Gasteiger partial charge on any atom is -0.346 e. The van der Waals surface area contributed by atoms with Gasteiger partial charge in [0.1, 0.15) is 5.82 Å². The van der Waals surface area contributed by atoms with Crippen LogP contribution >= 0.6 is 12.2 Å². The van der Waals surface area contributed by atoms with Crippen LogP contribution in [0.25, 0.3) is 0 Å². The molecule has 3 rings (SSSR count). The van der Waals surface area contributed by atoms with Crippen LogP contribution in [0.3, 0.4) is 0 Å². The topological polar surface area (TPSA) is 18.5 Å². The summed E-state index contributed by atoms with van der Waals surface area (Å²) in [5.74, 6) is -0.302. The van der Waals surface area contributed by atoms with Crippen LogP contribution < -0.4 is 5.32 Å². The number of thiocarbonyl (C=S) groups is 1. The zero-order valence-electron chi connectivity index (χ0n) is 14.5. The lowest BCUT2D eigenvalue weighted by Crippen LogP contribution is -2.49. The molecular formula is C19H19F4N3S. The van der Waals surface area contributed by atoms with Crippen molar-refractivity contribution in [3.05, 3.63) is 65.5 Å². The van der Waals surface area contributed by atoms with Crippen molar-refractivity contribution in [2.45, 2.75) is 12.7 Å². The van der Waals surface area contributed by atoms with Gasteiger partial charge >= 0.3 is 6.18 Å². The Balaban J connectivity index is 1.48. The highest BCUT2D eigenvalue weighted by Crippen LogP contribution is 2.29. The van der Waals surface area contributed by atoms with Crippen LogP contribution in [0, 0.1) is 5.82 Å². The van der Waals surface area contributed by atoms with Crippen molar-refractivity contribution in [3.8, 4) is 0 Å². The van der Waals surface area contributed by atoms with Gasteiger partial charge in [-0.2, -0.15) is 13.2 Å². The van der Waals surface area contributed by atoms with Gasteiger partial charge in [-0.15, -0.1) is 0 Å². The number of benzene rings is 2. The zero-order chi connectivity index (χ0) is 19.4. The maximum absolute atomic E-state index is 12.9. The van der Waals surface area contributed by atoms with Gasteiger partial charge in [0.05, 0.1) is 5.56 Å². The summed E-state index contributed by atoms with van der Waals surface area (Å²) in [6, 6.07) is 11.3. The summed E-state index contributed by atoms with van der Waals surface area (Å²) in [5.41, 5.74) is 0.949. The summed E-state index contributed by atoms with van der Waals surface area (Å²) in [7, 11) is 0. The molecule has 0 atom stereocenters. The Morgan fingerprint density at radius 3 is 2.07 bits per heavy atom. The smallest absolute Gasteiger partial charge is 0.346 e. The average molecular weight is 397 g/mol. The molecule has 0 saturated carbocycles. The van der Waals surface area contributed by atoms with Crippen LogP contribution in [-0.4, -0.2) is 41.1 Å². The lowest BCUT2D eigenvalue weighted by molar-refractivity contribution is -0.137. The molecule has 1 aliphatic rings. The van der Waals surface area contributed by atoms with E-state index in [-0.39, 0.29) is 5.82 Å². The van der Waals surface area contributed by atoms with E-state index in [1.54, 1.807) is 12.1 Å². The number of hydrogen-bond donors (Lipinski definition) is 1. The summed E-state index contributed by atoms with van der Waals surface area (Å²) >= 11 is 5.40. The number of nitrogens with one attached hydrogen (secondary N) is 1. The Morgan fingerprint density at radius 1 is 0.926 bits per heavy atom. The van der Waals surface area contributed by atoms with Crippen molar-refractivity contribution in [2.75, 3.05) is 31.5 Å². The van der Waals surface area contributed by atoms with E-state index < -0.39 is 11.7 Å². The van der Waals surface area contributed by atoms with Crippen LogP contribution in [0.5, 0.6) is 0 Å². The third kappa shape index (κ3) is 5.40.